The van der Waals surface area contributed by atoms with Crippen LogP contribution in [0.3, 0.4) is 0 Å². The van der Waals surface area contributed by atoms with E-state index < -0.39 is 17.6 Å². The highest BCUT2D eigenvalue weighted by molar-refractivity contribution is 6.32. The van der Waals surface area contributed by atoms with Crippen molar-refractivity contribution < 1.29 is 9.18 Å². The van der Waals surface area contributed by atoms with Crippen molar-refractivity contribution in [2.45, 2.75) is 18.8 Å². The lowest BCUT2D eigenvalue weighted by Crippen LogP contribution is -2.33. The molecule has 0 aliphatic heterocycles. The zero-order chi connectivity index (χ0) is 13.1. The first-order valence-electron chi connectivity index (χ1n) is 6.13. The van der Waals surface area contributed by atoms with Gasteiger partial charge in [0.25, 0.3) is 0 Å². The molecule has 1 amide bonds. The van der Waals surface area contributed by atoms with E-state index in [0.717, 1.165) is 6.54 Å². The second kappa shape index (κ2) is 5.52. The molecule has 1 aliphatic carbocycles. The van der Waals surface area contributed by atoms with Crippen LogP contribution in [-0.2, 0) is 4.79 Å². The van der Waals surface area contributed by atoms with Crippen LogP contribution >= 0.6 is 0 Å². The minimum absolute atomic E-state index is 0.306. The zero-order valence-corrected chi connectivity index (χ0v) is 10.2. The number of hydrogen-bond acceptors (Lipinski definition) is 2. The Bertz CT molecular complexity index is 449. The molecule has 0 spiro atoms. The van der Waals surface area contributed by atoms with Crippen molar-refractivity contribution in [1.82, 2.24) is 5.32 Å². The maximum atomic E-state index is 13.7. The van der Waals surface area contributed by atoms with Crippen LogP contribution in [0.15, 0.2) is 18.2 Å². The summed E-state index contributed by atoms with van der Waals surface area (Å²) in [6.07, 6.45) is 2.45. The molecule has 3 N–H and O–H groups in total. The molecule has 0 unspecified atom stereocenters. The van der Waals surface area contributed by atoms with Crippen LogP contribution in [0.25, 0.3) is 0 Å². The van der Waals surface area contributed by atoms with Gasteiger partial charge < -0.3 is 11.1 Å². The van der Waals surface area contributed by atoms with E-state index in [9.17, 15) is 9.18 Å². The number of amides is 1. The minimum Gasteiger partial charge on any atom is -0.369 e. The Balaban J connectivity index is 2.04. The van der Waals surface area contributed by atoms with Crippen LogP contribution < -0.4 is 16.5 Å². The van der Waals surface area contributed by atoms with Crippen LogP contribution in [0.5, 0.6) is 0 Å². The zero-order valence-electron chi connectivity index (χ0n) is 10.2. The molecule has 0 bridgehead atoms. The fraction of sp³-hybridized carbons (Fsp3) is 0.462. The largest absolute Gasteiger partial charge is 0.369 e. The number of nitrogens with one attached hydrogen (secondary N) is 1. The summed E-state index contributed by atoms with van der Waals surface area (Å²) < 4.78 is 13.7. The summed E-state index contributed by atoms with van der Waals surface area (Å²) in [6, 6.07) is 4.32. The van der Waals surface area contributed by atoms with Crippen molar-refractivity contribution in [3.8, 4) is 0 Å². The smallest absolute Gasteiger partial charge is 0.226 e. The van der Waals surface area contributed by atoms with Crippen molar-refractivity contribution in [3.63, 3.8) is 0 Å². The SMILES string of the molecule is [B]c1ccc([C@@H](CNCC2CC2)C(N)=O)c(F)c1. The quantitative estimate of drug-likeness (QED) is 0.704. The van der Waals surface area contributed by atoms with Gasteiger partial charge >= 0.3 is 0 Å². The molecule has 5 heteroatoms. The molecule has 0 saturated heterocycles. The Morgan fingerprint density at radius 1 is 1.56 bits per heavy atom. The number of rotatable bonds is 6. The third kappa shape index (κ3) is 3.32. The predicted octanol–water partition coefficient (Wildman–Crippen LogP) is 0.188. The molecular formula is C13H16BFN2O. The third-order valence-electron chi connectivity index (χ3n) is 3.22. The molecule has 1 aromatic rings. The Labute approximate surface area is 107 Å². The topological polar surface area (TPSA) is 55.1 Å². The molecule has 1 saturated carbocycles. The van der Waals surface area contributed by atoms with Gasteiger partial charge in [-0.3, -0.25) is 4.79 Å². The van der Waals surface area contributed by atoms with E-state index >= 15 is 0 Å². The van der Waals surface area contributed by atoms with Gasteiger partial charge in [-0.05, 0) is 31.4 Å². The van der Waals surface area contributed by atoms with Crippen molar-refractivity contribution in [2.75, 3.05) is 13.1 Å². The van der Waals surface area contributed by atoms with E-state index in [-0.39, 0.29) is 0 Å². The van der Waals surface area contributed by atoms with Gasteiger partial charge in [-0.25, -0.2) is 4.39 Å². The first-order chi connectivity index (χ1) is 8.58. The average Bonchev–Trinajstić information content (AvgIpc) is 3.09. The van der Waals surface area contributed by atoms with E-state index in [1.807, 2.05) is 0 Å². The van der Waals surface area contributed by atoms with Gasteiger partial charge in [-0.1, -0.05) is 17.6 Å². The second-order valence-electron chi connectivity index (χ2n) is 4.84. The lowest BCUT2D eigenvalue weighted by molar-refractivity contribution is -0.119. The maximum Gasteiger partial charge on any atom is 0.226 e. The normalized spacial score (nSPS) is 16.5. The molecule has 2 radical (unpaired) electrons. The fourth-order valence-electron chi connectivity index (χ4n) is 1.94. The van der Waals surface area contributed by atoms with Crippen LogP contribution in [0.2, 0.25) is 0 Å². The molecular weight excluding hydrogens is 230 g/mol. The van der Waals surface area contributed by atoms with Gasteiger partial charge in [0.2, 0.25) is 5.91 Å². The summed E-state index contributed by atoms with van der Waals surface area (Å²) >= 11 is 0. The number of nitrogens with two attached hydrogens (primary N) is 1. The lowest BCUT2D eigenvalue weighted by atomic mass is 9.90. The van der Waals surface area contributed by atoms with E-state index in [1.165, 1.54) is 25.0 Å². The molecule has 0 heterocycles. The Morgan fingerprint density at radius 3 is 2.83 bits per heavy atom. The van der Waals surface area contributed by atoms with E-state index in [1.54, 1.807) is 6.07 Å². The summed E-state index contributed by atoms with van der Waals surface area (Å²) in [7, 11) is 5.48. The molecule has 1 fully saturated rings. The summed E-state index contributed by atoms with van der Waals surface area (Å²) in [5, 5.41) is 3.17. The minimum atomic E-state index is -0.649. The van der Waals surface area contributed by atoms with Crippen molar-refractivity contribution in [2.24, 2.45) is 11.7 Å². The Morgan fingerprint density at radius 2 is 2.28 bits per heavy atom. The van der Waals surface area contributed by atoms with Crippen LogP contribution in [0.4, 0.5) is 4.39 Å². The highest BCUT2D eigenvalue weighted by Gasteiger charge is 2.24. The predicted molar refractivity (Wildman–Crippen MR) is 69.3 cm³/mol. The molecule has 94 valence electrons. The fourth-order valence-corrected chi connectivity index (χ4v) is 1.94. The Hall–Kier alpha value is -1.36. The molecule has 1 aliphatic rings. The molecule has 18 heavy (non-hydrogen) atoms. The first kappa shape index (κ1) is 13.1. The van der Waals surface area contributed by atoms with E-state index in [4.69, 9.17) is 13.6 Å². The number of carbonyl (C=O) groups is 1. The third-order valence-corrected chi connectivity index (χ3v) is 3.22. The van der Waals surface area contributed by atoms with Crippen LogP contribution in [-0.4, -0.2) is 26.8 Å². The van der Waals surface area contributed by atoms with Gasteiger partial charge in [0.15, 0.2) is 0 Å². The number of carbonyl (C=O) groups excluding carboxylic acids is 1. The lowest BCUT2D eigenvalue weighted by Gasteiger charge is -2.16. The monoisotopic (exact) mass is 246 g/mol. The molecule has 2 rings (SSSR count). The number of hydrogen-bond donors (Lipinski definition) is 2. The number of primary amides is 1. The van der Waals surface area contributed by atoms with E-state index in [2.05, 4.69) is 5.32 Å². The molecule has 0 aromatic heterocycles. The molecule has 1 aromatic carbocycles. The Kier molecular flexibility index (Phi) is 4.02. The van der Waals surface area contributed by atoms with Crippen molar-refractivity contribution in [3.05, 3.63) is 29.6 Å². The first-order valence-corrected chi connectivity index (χ1v) is 6.13. The summed E-state index contributed by atoms with van der Waals surface area (Å²) in [4.78, 5) is 11.4. The number of benzene rings is 1. The van der Waals surface area contributed by atoms with E-state index in [0.29, 0.717) is 23.5 Å². The van der Waals surface area contributed by atoms with Crippen LogP contribution in [0.1, 0.15) is 24.3 Å². The highest BCUT2D eigenvalue weighted by atomic mass is 19.1. The van der Waals surface area contributed by atoms with Gasteiger partial charge in [0.05, 0.1) is 5.92 Å². The molecule has 1 atom stereocenters. The van der Waals surface area contributed by atoms with Gasteiger partial charge in [0, 0.05) is 12.1 Å². The second-order valence-corrected chi connectivity index (χ2v) is 4.84. The maximum absolute atomic E-state index is 13.7. The van der Waals surface area contributed by atoms with Crippen molar-refractivity contribution in [1.29, 1.82) is 0 Å². The molecule has 3 nitrogen and oxygen atoms in total. The summed E-state index contributed by atoms with van der Waals surface area (Å²) in [5.41, 5.74) is 5.98. The number of halogens is 1. The highest BCUT2D eigenvalue weighted by Crippen LogP contribution is 2.27. The average molecular weight is 246 g/mol. The van der Waals surface area contributed by atoms with Gasteiger partial charge in [-0.2, -0.15) is 0 Å². The summed E-state index contributed by atoms with van der Waals surface area (Å²) in [5.74, 6) is -0.951. The van der Waals surface area contributed by atoms with Gasteiger partial charge in [-0.15, -0.1) is 0 Å². The van der Waals surface area contributed by atoms with Gasteiger partial charge in [0.1, 0.15) is 13.7 Å². The van der Waals surface area contributed by atoms with Crippen molar-refractivity contribution >= 4 is 19.2 Å². The van der Waals surface area contributed by atoms with Crippen LogP contribution in [0, 0.1) is 11.7 Å². The standard InChI is InChI=1S/C13H16BFN2O/c14-9-3-4-10(12(15)5-9)11(13(16)18)7-17-6-8-1-2-8/h3-5,8,11,17H,1-2,6-7H2,(H2,16,18)/t11-/m1/s1. The summed E-state index contributed by atoms with van der Waals surface area (Å²) in [6.45, 7) is 1.23.